The van der Waals surface area contributed by atoms with Crippen LogP contribution in [0.25, 0.3) is 33.4 Å². The summed E-state index contributed by atoms with van der Waals surface area (Å²) in [5.74, 6) is -2.67. The normalized spacial score (nSPS) is 12.1. The van der Waals surface area contributed by atoms with Gasteiger partial charge in [0.15, 0.2) is 0 Å². The Bertz CT molecular complexity index is 4290. The number of fused-ring (bicyclic) bond motifs is 2. The summed E-state index contributed by atoms with van der Waals surface area (Å²) in [6.07, 6.45) is 0. The molecular weight excluding hydrogens is 1070 g/mol. The van der Waals surface area contributed by atoms with Crippen molar-refractivity contribution in [1.29, 1.82) is 0 Å². The first-order valence-corrected chi connectivity index (χ1v) is 27.3. The summed E-state index contributed by atoms with van der Waals surface area (Å²) >= 11 is 0. The van der Waals surface area contributed by atoms with E-state index in [4.69, 9.17) is 4.42 Å². The Hall–Kier alpha value is -8.98. The van der Waals surface area contributed by atoms with E-state index in [-0.39, 0.29) is 84.4 Å². The molecule has 0 spiro atoms. The Kier molecular flexibility index (Phi) is 14.8. The smallest absolute Gasteiger partial charge is 0.335 e. The highest BCUT2D eigenvalue weighted by Gasteiger charge is 2.30. The van der Waals surface area contributed by atoms with E-state index in [1.165, 1.54) is 66.7 Å². The summed E-state index contributed by atoms with van der Waals surface area (Å²) in [6, 6.07) is 21.8. The van der Waals surface area contributed by atoms with Crippen LogP contribution in [-0.2, 0) is 30.4 Å². The van der Waals surface area contributed by atoms with E-state index in [0.29, 0.717) is 33.4 Å². The molecule has 1 aliphatic carbocycles. The van der Waals surface area contributed by atoms with Crippen LogP contribution in [-0.4, -0.2) is 73.1 Å². The Morgan fingerprint density at radius 1 is 0.500 bits per heavy atom. The summed E-state index contributed by atoms with van der Waals surface area (Å²) in [7, 11) is -15.6. The summed E-state index contributed by atoms with van der Waals surface area (Å²) in [5, 5.41) is 31.8. The van der Waals surface area contributed by atoms with Gasteiger partial charge in [0.05, 0.1) is 39.2 Å². The number of benzene rings is 7. The number of anilines is 6. The topological polar surface area (TPSA) is 358 Å². The predicted molar refractivity (Wildman–Crippen MR) is 290 cm³/mol. The van der Waals surface area contributed by atoms with Gasteiger partial charge in [-0.05, 0) is 130 Å². The molecule has 25 heteroatoms. The molecule has 0 fully saturated rings. The SMILES string of the molecule is Cc1cc(C)c(NC(=O)Nc2cccc(C(=O)O)c2)c(C)c1/N=c1/cc2oc3cc(Nc4c(C)cc(C)c(NC(=O)Nc5cccc(C(=O)O)c5)c4C)c(S(=O)(=O)O)cc3c(-c3ccccc3S(=O)(=O)O)c-2cc1S(=O)(=O)O. The van der Waals surface area contributed by atoms with Crippen LogP contribution in [0.5, 0.6) is 0 Å². The Balaban J connectivity index is 1.33. The zero-order chi connectivity index (χ0) is 56.9. The number of carbonyl (C=O) groups excluding carboxylic acids is 2. The maximum atomic E-state index is 13.5. The fourth-order valence-electron chi connectivity index (χ4n) is 9.10. The zero-order valence-corrected chi connectivity index (χ0v) is 44.2. The second kappa shape index (κ2) is 20.9. The number of aromatic carboxylic acids is 2. The van der Waals surface area contributed by atoms with Crippen molar-refractivity contribution >= 4 is 105 Å². The number of nitrogens with one attached hydrogen (secondary N) is 5. The minimum absolute atomic E-state index is 0.0785. The van der Waals surface area contributed by atoms with Crippen LogP contribution in [0.3, 0.4) is 0 Å². The standard InChI is InChI=1S/C53H46N6O16S3/c1-25-17-27(3)48(58-52(64)54-33-13-9-11-31(19-33)50(60)61)29(5)46(25)56-38-23-40-36(21-43(38)77(69,70)71)45(35-15-7-8-16-42(35)76(66,67)68)37-22-44(78(72,73)74)39(24-41(37)75-40)57-47-26(2)18-28(4)49(30(47)6)59-53(65)55-34-14-10-12-32(20-34)51(62)63/h7-24,56H,1-6H3,(H,60,61)(H,62,63)(H2,54,58,64)(H2,55,59,65)(H,66,67,68)(H,69,70,71)(H,72,73,74)/b57-39-. The minimum Gasteiger partial charge on any atom is -0.478 e. The van der Waals surface area contributed by atoms with Gasteiger partial charge in [0.2, 0.25) is 0 Å². The number of nitrogens with zero attached hydrogens (tertiary/aromatic N) is 1. The second-order valence-corrected chi connectivity index (χ2v) is 22.1. The third kappa shape index (κ3) is 11.4. The van der Waals surface area contributed by atoms with Crippen molar-refractivity contribution in [2.75, 3.05) is 26.6 Å². The number of amides is 4. The van der Waals surface area contributed by atoms with Gasteiger partial charge in [-0.3, -0.25) is 13.7 Å². The highest BCUT2D eigenvalue weighted by atomic mass is 32.2. The number of urea groups is 2. The molecule has 0 bridgehead atoms. The largest absolute Gasteiger partial charge is 0.478 e. The molecule has 1 heterocycles. The van der Waals surface area contributed by atoms with Crippen molar-refractivity contribution in [2.45, 2.75) is 56.2 Å². The van der Waals surface area contributed by atoms with Gasteiger partial charge >= 0.3 is 24.0 Å². The van der Waals surface area contributed by atoms with E-state index in [0.717, 1.165) is 30.3 Å². The van der Waals surface area contributed by atoms with Gasteiger partial charge in [0, 0.05) is 51.3 Å². The molecule has 22 nitrogen and oxygen atoms in total. The fourth-order valence-corrected chi connectivity index (χ4v) is 11.1. The lowest BCUT2D eigenvalue weighted by atomic mass is 9.93. The van der Waals surface area contributed by atoms with E-state index in [1.54, 1.807) is 53.7 Å². The van der Waals surface area contributed by atoms with Gasteiger partial charge in [-0.2, -0.15) is 25.3 Å². The maximum Gasteiger partial charge on any atom is 0.335 e. The van der Waals surface area contributed by atoms with E-state index < -0.39 is 74.4 Å². The van der Waals surface area contributed by atoms with Crippen molar-refractivity contribution in [3.63, 3.8) is 0 Å². The van der Waals surface area contributed by atoms with E-state index in [2.05, 4.69) is 31.6 Å². The number of aryl methyl sites for hydroxylation is 4. The highest BCUT2D eigenvalue weighted by molar-refractivity contribution is 7.86. The summed E-state index contributed by atoms with van der Waals surface area (Å²) in [4.78, 5) is 52.0. The first-order valence-electron chi connectivity index (χ1n) is 23.0. The Morgan fingerprint density at radius 3 is 1.55 bits per heavy atom. The van der Waals surface area contributed by atoms with E-state index in [1.807, 2.05) is 0 Å². The number of hydrogen-bond acceptors (Lipinski definition) is 13. The van der Waals surface area contributed by atoms with Crippen LogP contribution in [0.2, 0.25) is 0 Å². The van der Waals surface area contributed by atoms with Crippen molar-refractivity contribution < 1.29 is 72.7 Å². The van der Waals surface area contributed by atoms with E-state index in [9.17, 15) is 68.3 Å². The van der Waals surface area contributed by atoms with Crippen molar-refractivity contribution in [3.8, 4) is 22.5 Å². The average molecular weight is 1120 g/mol. The van der Waals surface area contributed by atoms with Crippen LogP contribution in [0.4, 0.5) is 49.4 Å². The molecule has 10 N–H and O–H groups in total. The number of carbonyl (C=O) groups is 4. The highest BCUT2D eigenvalue weighted by Crippen LogP contribution is 2.46. The molecule has 4 amide bonds. The molecule has 0 radical (unpaired) electrons. The summed E-state index contributed by atoms with van der Waals surface area (Å²) in [6.45, 7) is 9.87. The Labute approximate surface area is 445 Å². The van der Waals surface area contributed by atoms with Crippen LogP contribution >= 0.6 is 0 Å². The molecule has 1 aliphatic heterocycles. The maximum absolute atomic E-state index is 13.5. The van der Waals surface area contributed by atoms with Crippen molar-refractivity contribution in [3.05, 3.63) is 159 Å². The quantitative estimate of drug-likeness (QED) is 0.0379. The van der Waals surface area contributed by atoms with Crippen LogP contribution in [0, 0.1) is 41.5 Å². The molecule has 0 aromatic heterocycles. The molecule has 0 unspecified atom stereocenters. The Morgan fingerprint density at radius 2 is 1.01 bits per heavy atom. The third-order valence-corrected chi connectivity index (χ3v) is 15.2. The lowest BCUT2D eigenvalue weighted by Crippen LogP contribution is -2.21. The summed E-state index contributed by atoms with van der Waals surface area (Å²) in [5.41, 5.74) is 2.37. The molecule has 6 aromatic rings. The number of rotatable bonds is 13. The molecule has 402 valence electrons. The van der Waals surface area contributed by atoms with Crippen molar-refractivity contribution in [1.82, 2.24) is 0 Å². The number of hydrogen-bond donors (Lipinski definition) is 10. The average Bonchev–Trinajstić information content (AvgIpc) is 3.53. The van der Waals surface area contributed by atoms with Crippen LogP contribution in [0.1, 0.15) is 54.1 Å². The molecule has 6 aromatic carbocycles. The monoisotopic (exact) mass is 1120 g/mol. The van der Waals surface area contributed by atoms with Gasteiger partial charge in [-0.1, -0.05) is 42.5 Å². The van der Waals surface area contributed by atoms with E-state index >= 15 is 0 Å². The number of carboxylic acids is 2. The lowest BCUT2D eigenvalue weighted by molar-refractivity contribution is 0.0686. The first-order chi connectivity index (χ1) is 36.5. The molecule has 78 heavy (non-hydrogen) atoms. The van der Waals surface area contributed by atoms with Gasteiger partial charge in [0.1, 0.15) is 26.0 Å². The van der Waals surface area contributed by atoms with Gasteiger partial charge < -0.3 is 41.2 Å². The molecule has 0 saturated heterocycles. The van der Waals surface area contributed by atoms with Crippen molar-refractivity contribution in [2.24, 2.45) is 4.99 Å². The molecule has 0 saturated carbocycles. The number of carboxylic acid groups (broad SMARTS) is 2. The van der Waals surface area contributed by atoms with Gasteiger partial charge in [-0.25, -0.2) is 24.2 Å². The second-order valence-electron chi connectivity index (χ2n) is 18.0. The molecule has 0 atom stereocenters. The fraction of sp³-hybridized carbons (Fsp3) is 0.113. The molecule has 2 aliphatic rings. The van der Waals surface area contributed by atoms with Crippen LogP contribution in [0.15, 0.2) is 133 Å². The zero-order valence-electron chi connectivity index (χ0n) is 41.8. The van der Waals surface area contributed by atoms with Gasteiger partial charge in [-0.15, -0.1) is 0 Å². The van der Waals surface area contributed by atoms with Crippen LogP contribution < -0.4 is 31.9 Å². The third-order valence-electron chi connectivity index (χ3n) is 12.5. The summed E-state index contributed by atoms with van der Waals surface area (Å²) < 4.78 is 118. The lowest BCUT2D eigenvalue weighted by Gasteiger charge is -2.22. The molecule has 8 rings (SSSR count). The molecular formula is C53H46N6O16S3. The minimum atomic E-state index is -5.28. The first kappa shape index (κ1) is 55.3. The predicted octanol–water partition coefficient (Wildman–Crippen LogP) is 10.5. The van der Waals surface area contributed by atoms with Gasteiger partial charge in [0.25, 0.3) is 30.4 Å².